The lowest BCUT2D eigenvalue weighted by Crippen LogP contribution is -2.09. The van der Waals surface area contributed by atoms with Crippen molar-refractivity contribution in [2.45, 2.75) is 6.18 Å². The van der Waals surface area contributed by atoms with Crippen LogP contribution < -0.4 is 0 Å². The van der Waals surface area contributed by atoms with E-state index in [0.717, 1.165) is 23.4 Å². The van der Waals surface area contributed by atoms with E-state index >= 15 is 0 Å². The Balaban J connectivity index is 2.21. The SMILES string of the molecule is FC(F)(F)c1cncnc1-c1ccc2[nH]ncc2c1. The van der Waals surface area contributed by atoms with Gasteiger partial charge >= 0.3 is 6.18 Å². The van der Waals surface area contributed by atoms with Crippen molar-refractivity contribution < 1.29 is 13.2 Å². The number of nitrogens with one attached hydrogen (secondary N) is 1. The van der Waals surface area contributed by atoms with Gasteiger partial charge in [-0.2, -0.15) is 18.3 Å². The Hall–Kier alpha value is -2.44. The van der Waals surface area contributed by atoms with Gasteiger partial charge in [-0.15, -0.1) is 0 Å². The molecule has 0 radical (unpaired) electrons. The van der Waals surface area contributed by atoms with E-state index in [1.165, 1.54) is 0 Å². The highest BCUT2D eigenvalue weighted by Gasteiger charge is 2.34. The molecule has 1 N–H and O–H groups in total. The molecule has 1 aromatic carbocycles. The lowest BCUT2D eigenvalue weighted by molar-refractivity contribution is -0.137. The molecule has 0 aliphatic carbocycles. The predicted molar refractivity (Wildman–Crippen MR) is 62.1 cm³/mol. The minimum absolute atomic E-state index is 0.134. The van der Waals surface area contributed by atoms with Crippen LogP contribution in [0, 0.1) is 0 Å². The molecule has 0 saturated carbocycles. The Kier molecular flexibility index (Phi) is 2.48. The van der Waals surface area contributed by atoms with Crippen molar-refractivity contribution in [2.75, 3.05) is 0 Å². The summed E-state index contributed by atoms with van der Waals surface area (Å²) in [7, 11) is 0. The van der Waals surface area contributed by atoms with Gasteiger partial charge in [-0.3, -0.25) is 5.10 Å². The number of benzene rings is 1. The Morgan fingerprint density at radius 2 is 1.95 bits per heavy atom. The molecular weight excluding hydrogens is 257 g/mol. The average molecular weight is 264 g/mol. The van der Waals surface area contributed by atoms with Crippen molar-refractivity contribution in [1.29, 1.82) is 0 Å². The summed E-state index contributed by atoms with van der Waals surface area (Å²) in [5.74, 6) is 0. The molecule has 7 heteroatoms. The van der Waals surface area contributed by atoms with Crippen molar-refractivity contribution in [3.8, 4) is 11.3 Å². The fourth-order valence-corrected chi connectivity index (χ4v) is 1.86. The fourth-order valence-electron chi connectivity index (χ4n) is 1.86. The highest BCUT2D eigenvalue weighted by Crippen LogP contribution is 2.35. The summed E-state index contributed by atoms with van der Waals surface area (Å²) >= 11 is 0. The molecular formula is C12H7F3N4. The first-order valence-electron chi connectivity index (χ1n) is 5.36. The number of alkyl halides is 3. The largest absolute Gasteiger partial charge is 0.419 e. The van der Waals surface area contributed by atoms with Gasteiger partial charge in [-0.05, 0) is 12.1 Å². The van der Waals surface area contributed by atoms with Crippen LogP contribution in [0.15, 0.2) is 36.9 Å². The van der Waals surface area contributed by atoms with Crippen molar-refractivity contribution >= 4 is 10.9 Å². The molecule has 3 rings (SSSR count). The third-order valence-electron chi connectivity index (χ3n) is 2.73. The summed E-state index contributed by atoms with van der Waals surface area (Å²) in [4.78, 5) is 7.18. The monoisotopic (exact) mass is 264 g/mol. The first kappa shape index (κ1) is 11.6. The first-order chi connectivity index (χ1) is 9.05. The van der Waals surface area contributed by atoms with Crippen LogP contribution in [0.2, 0.25) is 0 Å². The minimum atomic E-state index is -4.48. The number of halogens is 3. The topological polar surface area (TPSA) is 54.5 Å². The molecule has 0 saturated heterocycles. The van der Waals surface area contributed by atoms with Gasteiger partial charge in [0.1, 0.15) is 11.9 Å². The Morgan fingerprint density at radius 1 is 1.11 bits per heavy atom. The van der Waals surface area contributed by atoms with Gasteiger partial charge < -0.3 is 0 Å². The summed E-state index contributed by atoms with van der Waals surface area (Å²) in [6, 6.07) is 4.84. The van der Waals surface area contributed by atoms with Gasteiger partial charge in [0.25, 0.3) is 0 Å². The Bertz CT molecular complexity index is 733. The van der Waals surface area contributed by atoms with E-state index in [1.54, 1.807) is 24.4 Å². The summed E-state index contributed by atoms with van der Waals surface area (Å²) < 4.78 is 38.7. The van der Waals surface area contributed by atoms with Gasteiger partial charge in [-0.1, -0.05) is 6.07 Å². The first-order valence-corrected chi connectivity index (χ1v) is 5.36. The van der Waals surface area contributed by atoms with Gasteiger partial charge in [0.2, 0.25) is 0 Å². The molecule has 0 fully saturated rings. The van der Waals surface area contributed by atoms with E-state index in [2.05, 4.69) is 20.2 Å². The maximum Gasteiger partial charge on any atom is 0.419 e. The average Bonchev–Trinajstić information content (AvgIpc) is 2.85. The number of nitrogens with zero attached hydrogens (tertiary/aromatic N) is 3. The molecule has 2 heterocycles. The molecule has 4 nitrogen and oxygen atoms in total. The maximum atomic E-state index is 12.9. The molecule has 3 aromatic rings. The number of aromatic nitrogens is 4. The van der Waals surface area contributed by atoms with E-state index in [1.807, 2.05) is 0 Å². The van der Waals surface area contributed by atoms with Gasteiger partial charge in [0, 0.05) is 17.1 Å². The number of hydrogen-bond acceptors (Lipinski definition) is 3. The van der Waals surface area contributed by atoms with E-state index < -0.39 is 11.7 Å². The van der Waals surface area contributed by atoms with E-state index in [4.69, 9.17) is 0 Å². The number of fused-ring (bicyclic) bond motifs is 1. The summed E-state index contributed by atoms with van der Waals surface area (Å²) in [5.41, 5.74) is 0.151. The standard InChI is InChI=1S/C12H7F3N4/c13-12(14,15)9-5-16-6-17-11(9)7-1-2-10-8(3-7)4-18-19-10/h1-6H,(H,18,19). The molecule has 0 bridgehead atoms. The third kappa shape index (κ3) is 2.03. The highest BCUT2D eigenvalue weighted by atomic mass is 19.4. The smallest absolute Gasteiger partial charge is 0.278 e. The van der Waals surface area contributed by atoms with Crippen molar-refractivity contribution in [3.63, 3.8) is 0 Å². The minimum Gasteiger partial charge on any atom is -0.278 e. The van der Waals surface area contributed by atoms with Crippen LogP contribution in [0.25, 0.3) is 22.2 Å². The zero-order valence-electron chi connectivity index (χ0n) is 9.44. The van der Waals surface area contributed by atoms with E-state index in [9.17, 15) is 13.2 Å². The quantitative estimate of drug-likeness (QED) is 0.735. The maximum absolute atomic E-state index is 12.9. The lowest BCUT2D eigenvalue weighted by atomic mass is 10.1. The lowest BCUT2D eigenvalue weighted by Gasteiger charge is -2.10. The van der Waals surface area contributed by atoms with E-state index in [0.29, 0.717) is 5.56 Å². The van der Waals surface area contributed by atoms with Crippen LogP contribution >= 0.6 is 0 Å². The predicted octanol–water partition coefficient (Wildman–Crippen LogP) is 3.04. The van der Waals surface area contributed by atoms with Gasteiger partial charge in [0.05, 0.1) is 17.4 Å². The molecule has 0 unspecified atom stereocenters. The van der Waals surface area contributed by atoms with Crippen molar-refractivity contribution in [2.24, 2.45) is 0 Å². The van der Waals surface area contributed by atoms with Crippen LogP contribution in [0.4, 0.5) is 13.2 Å². The number of H-pyrrole nitrogens is 1. The van der Waals surface area contributed by atoms with Crippen molar-refractivity contribution in [3.05, 3.63) is 42.5 Å². The highest BCUT2D eigenvalue weighted by molar-refractivity contribution is 5.83. The molecule has 96 valence electrons. The van der Waals surface area contributed by atoms with Crippen LogP contribution in [-0.4, -0.2) is 20.2 Å². The molecule has 2 aromatic heterocycles. The van der Waals surface area contributed by atoms with Crippen LogP contribution in [0.3, 0.4) is 0 Å². The Labute approximate surface area is 105 Å². The second-order valence-corrected chi connectivity index (χ2v) is 3.95. The van der Waals surface area contributed by atoms with Gasteiger partial charge in [0.15, 0.2) is 0 Å². The third-order valence-corrected chi connectivity index (χ3v) is 2.73. The summed E-state index contributed by atoms with van der Waals surface area (Å²) in [5, 5.41) is 7.29. The Morgan fingerprint density at radius 3 is 2.74 bits per heavy atom. The molecule has 0 amide bonds. The number of hydrogen-bond donors (Lipinski definition) is 1. The second-order valence-electron chi connectivity index (χ2n) is 3.95. The zero-order valence-corrected chi connectivity index (χ0v) is 9.44. The normalized spacial score (nSPS) is 11.9. The van der Waals surface area contributed by atoms with Gasteiger partial charge in [-0.25, -0.2) is 9.97 Å². The zero-order chi connectivity index (χ0) is 13.5. The van der Waals surface area contributed by atoms with Crippen molar-refractivity contribution in [1.82, 2.24) is 20.2 Å². The molecule has 0 aliphatic heterocycles. The number of aromatic amines is 1. The van der Waals surface area contributed by atoms with Crippen LogP contribution in [0.1, 0.15) is 5.56 Å². The van der Waals surface area contributed by atoms with Crippen LogP contribution in [0.5, 0.6) is 0 Å². The second kappa shape index (κ2) is 4.04. The molecule has 0 aliphatic rings. The fraction of sp³-hybridized carbons (Fsp3) is 0.0833. The van der Waals surface area contributed by atoms with E-state index in [-0.39, 0.29) is 5.69 Å². The van der Waals surface area contributed by atoms with Crippen LogP contribution in [-0.2, 0) is 6.18 Å². The molecule has 0 spiro atoms. The number of rotatable bonds is 1. The summed E-state index contributed by atoms with van der Waals surface area (Å²) in [6.07, 6.45) is -1.05. The molecule has 19 heavy (non-hydrogen) atoms. The molecule has 0 atom stereocenters. The summed E-state index contributed by atoms with van der Waals surface area (Å²) in [6.45, 7) is 0.